The first kappa shape index (κ1) is 11.5. The first-order chi connectivity index (χ1) is 6.66. The average Bonchev–Trinajstić information content (AvgIpc) is 2.18. The van der Waals surface area contributed by atoms with Crippen molar-refractivity contribution in [2.75, 3.05) is 13.2 Å². The summed E-state index contributed by atoms with van der Waals surface area (Å²) >= 11 is 9.06. The second-order valence-electron chi connectivity index (χ2n) is 2.55. The van der Waals surface area contributed by atoms with E-state index in [9.17, 15) is 9.18 Å². The third kappa shape index (κ3) is 2.69. The van der Waals surface area contributed by atoms with Gasteiger partial charge in [0.15, 0.2) is 0 Å². The summed E-state index contributed by atoms with van der Waals surface area (Å²) < 4.78 is 12.4. The Labute approximate surface area is 94.6 Å². The lowest BCUT2D eigenvalue weighted by molar-refractivity contribution is 0.0951. The van der Waals surface area contributed by atoms with Crippen LogP contribution in [0.25, 0.3) is 0 Å². The Hall–Kier alpha value is -0.610. The van der Waals surface area contributed by atoms with Crippen LogP contribution in [0.1, 0.15) is 10.4 Å². The molecule has 1 aromatic carbocycles. The van der Waals surface area contributed by atoms with E-state index < -0.39 is 6.67 Å². The molecule has 0 heterocycles. The number of nitrogens with one attached hydrogen (secondary N) is 1. The predicted octanol–water partition coefficient (Wildman–Crippen LogP) is 2.80. The van der Waals surface area contributed by atoms with Crippen LogP contribution in [0, 0.1) is 0 Å². The van der Waals surface area contributed by atoms with Gasteiger partial charge in [-0.05, 0) is 28.1 Å². The van der Waals surface area contributed by atoms with Gasteiger partial charge in [0, 0.05) is 11.0 Å². The van der Waals surface area contributed by atoms with Crippen LogP contribution in [-0.2, 0) is 0 Å². The second kappa shape index (κ2) is 5.32. The molecule has 1 N–H and O–H groups in total. The van der Waals surface area contributed by atoms with Crippen molar-refractivity contribution in [3.05, 3.63) is 33.3 Å². The molecule has 0 saturated carbocycles. The van der Waals surface area contributed by atoms with Crippen LogP contribution < -0.4 is 5.32 Å². The summed E-state index contributed by atoms with van der Waals surface area (Å²) in [6.07, 6.45) is 0. The number of carbonyl (C=O) groups is 1. The zero-order chi connectivity index (χ0) is 10.6. The Balaban J connectivity index is 2.84. The van der Waals surface area contributed by atoms with E-state index in [1.807, 2.05) is 0 Å². The second-order valence-corrected chi connectivity index (χ2v) is 3.78. The minimum Gasteiger partial charge on any atom is -0.349 e. The Morgan fingerprint density at radius 2 is 2.29 bits per heavy atom. The normalized spacial score (nSPS) is 9.93. The number of rotatable bonds is 3. The summed E-state index contributed by atoms with van der Waals surface area (Å²) in [6.45, 7) is -0.584. The maximum atomic E-state index is 11.8. The number of amides is 1. The first-order valence-corrected chi connectivity index (χ1v) is 5.12. The maximum absolute atomic E-state index is 11.8. The smallest absolute Gasteiger partial charge is 0.252 e. The molecule has 2 nitrogen and oxygen atoms in total. The highest BCUT2D eigenvalue weighted by Gasteiger charge is 2.11. The van der Waals surface area contributed by atoms with E-state index >= 15 is 0 Å². The number of halogens is 3. The van der Waals surface area contributed by atoms with Crippen LogP contribution in [0.5, 0.6) is 0 Å². The number of carbonyl (C=O) groups excluding carboxylic acids is 1. The molecule has 1 amide bonds. The Morgan fingerprint density at radius 3 is 2.93 bits per heavy atom. The monoisotopic (exact) mass is 279 g/mol. The molecule has 0 spiro atoms. The third-order valence-corrected chi connectivity index (χ3v) is 2.87. The highest BCUT2D eigenvalue weighted by molar-refractivity contribution is 9.10. The summed E-state index contributed by atoms with van der Waals surface area (Å²) in [5, 5.41) is 2.73. The zero-order valence-electron chi connectivity index (χ0n) is 7.19. The molecule has 1 rings (SSSR count). The van der Waals surface area contributed by atoms with Crippen LogP contribution in [-0.4, -0.2) is 19.1 Å². The fourth-order valence-corrected chi connectivity index (χ4v) is 1.51. The molecule has 0 fully saturated rings. The number of alkyl halides is 1. The van der Waals surface area contributed by atoms with E-state index in [0.29, 0.717) is 15.1 Å². The van der Waals surface area contributed by atoms with Crippen molar-refractivity contribution in [2.45, 2.75) is 0 Å². The lowest BCUT2D eigenvalue weighted by Crippen LogP contribution is -2.25. The van der Waals surface area contributed by atoms with E-state index in [1.54, 1.807) is 18.2 Å². The number of benzene rings is 1. The molecule has 0 atom stereocenters. The molecule has 0 unspecified atom stereocenters. The van der Waals surface area contributed by atoms with Crippen molar-refractivity contribution in [2.24, 2.45) is 0 Å². The van der Waals surface area contributed by atoms with Crippen molar-refractivity contribution in [3.63, 3.8) is 0 Å². The summed E-state index contributed by atoms with van der Waals surface area (Å²) in [5.41, 5.74) is 0.342. The van der Waals surface area contributed by atoms with Crippen LogP contribution in [0.4, 0.5) is 4.39 Å². The summed E-state index contributed by atoms with van der Waals surface area (Å²) in [6, 6.07) is 5.01. The summed E-state index contributed by atoms with van der Waals surface area (Å²) in [7, 11) is 0. The van der Waals surface area contributed by atoms with Gasteiger partial charge < -0.3 is 5.32 Å². The Bertz CT molecular complexity index is 346. The molecule has 76 valence electrons. The van der Waals surface area contributed by atoms with Gasteiger partial charge in [0.1, 0.15) is 6.67 Å². The molecule has 0 radical (unpaired) electrons. The molecule has 0 aliphatic carbocycles. The molecular weight excluding hydrogens is 272 g/mol. The van der Waals surface area contributed by atoms with Crippen LogP contribution in [0.15, 0.2) is 22.7 Å². The highest BCUT2D eigenvalue weighted by Crippen LogP contribution is 2.25. The topological polar surface area (TPSA) is 29.1 Å². The Morgan fingerprint density at radius 1 is 1.57 bits per heavy atom. The zero-order valence-corrected chi connectivity index (χ0v) is 9.53. The molecular formula is C9H8BrClFNO. The van der Waals surface area contributed by atoms with Gasteiger partial charge in [-0.15, -0.1) is 0 Å². The quantitative estimate of drug-likeness (QED) is 0.906. The third-order valence-electron chi connectivity index (χ3n) is 1.58. The highest BCUT2D eigenvalue weighted by atomic mass is 79.9. The SMILES string of the molecule is O=C(NCCF)c1cccc(Br)c1Cl. The molecule has 14 heavy (non-hydrogen) atoms. The van der Waals surface area contributed by atoms with E-state index in [2.05, 4.69) is 21.2 Å². The van der Waals surface area contributed by atoms with Gasteiger partial charge in [0.2, 0.25) is 0 Å². The number of hydrogen-bond donors (Lipinski definition) is 1. The molecule has 1 aromatic rings. The standard InChI is InChI=1S/C9H8BrClFNO/c10-7-3-1-2-6(8(7)11)9(14)13-5-4-12/h1-3H,4-5H2,(H,13,14). The van der Waals surface area contributed by atoms with Crippen molar-refractivity contribution in [3.8, 4) is 0 Å². The minimum absolute atomic E-state index is 0.00166. The fraction of sp³-hybridized carbons (Fsp3) is 0.222. The van der Waals surface area contributed by atoms with Gasteiger partial charge in [-0.1, -0.05) is 17.7 Å². The lowest BCUT2D eigenvalue weighted by atomic mass is 10.2. The van der Waals surface area contributed by atoms with Crippen molar-refractivity contribution in [1.82, 2.24) is 5.32 Å². The molecule has 0 aromatic heterocycles. The summed E-state index contributed by atoms with van der Waals surface area (Å²) in [5.74, 6) is -0.367. The molecule has 0 bridgehead atoms. The Kier molecular flexibility index (Phi) is 4.35. The largest absolute Gasteiger partial charge is 0.349 e. The summed E-state index contributed by atoms with van der Waals surface area (Å²) in [4.78, 5) is 11.4. The molecule has 5 heteroatoms. The van der Waals surface area contributed by atoms with E-state index in [4.69, 9.17) is 11.6 Å². The molecule has 0 aliphatic rings. The fourth-order valence-electron chi connectivity index (χ4n) is 0.935. The average molecular weight is 281 g/mol. The van der Waals surface area contributed by atoms with Crippen molar-refractivity contribution >= 4 is 33.4 Å². The molecule has 0 saturated heterocycles. The predicted molar refractivity (Wildman–Crippen MR) is 57.5 cm³/mol. The van der Waals surface area contributed by atoms with Crippen LogP contribution in [0.3, 0.4) is 0 Å². The van der Waals surface area contributed by atoms with Gasteiger partial charge in [0.05, 0.1) is 10.6 Å². The van der Waals surface area contributed by atoms with Gasteiger partial charge >= 0.3 is 0 Å². The number of hydrogen-bond acceptors (Lipinski definition) is 1. The van der Waals surface area contributed by atoms with Gasteiger partial charge in [0.25, 0.3) is 5.91 Å². The van der Waals surface area contributed by atoms with Crippen LogP contribution in [0.2, 0.25) is 5.02 Å². The van der Waals surface area contributed by atoms with E-state index in [1.165, 1.54) is 0 Å². The maximum Gasteiger partial charge on any atom is 0.252 e. The van der Waals surface area contributed by atoms with Gasteiger partial charge in [-0.2, -0.15) is 0 Å². The van der Waals surface area contributed by atoms with Crippen molar-refractivity contribution in [1.29, 1.82) is 0 Å². The molecule has 0 aliphatic heterocycles. The lowest BCUT2D eigenvalue weighted by Gasteiger charge is -2.05. The van der Waals surface area contributed by atoms with Crippen molar-refractivity contribution < 1.29 is 9.18 Å². The minimum atomic E-state index is -0.586. The van der Waals surface area contributed by atoms with E-state index in [0.717, 1.165) is 0 Å². The van der Waals surface area contributed by atoms with E-state index in [-0.39, 0.29) is 12.5 Å². The van der Waals surface area contributed by atoms with Gasteiger partial charge in [-0.3, -0.25) is 4.79 Å². The van der Waals surface area contributed by atoms with Crippen LogP contribution >= 0.6 is 27.5 Å². The van der Waals surface area contributed by atoms with Gasteiger partial charge in [-0.25, -0.2) is 4.39 Å². The first-order valence-electron chi connectivity index (χ1n) is 3.95.